The van der Waals surface area contributed by atoms with Crippen molar-refractivity contribution in [3.8, 4) is 0 Å². The van der Waals surface area contributed by atoms with E-state index in [9.17, 15) is 8.42 Å². The molecule has 0 rings (SSSR count). The average molecular weight is 409 g/mol. The molecule has 0 amide bonds. The molecular formula is C21H44O3S2. The lowest BCUT2D eigenvalue weighted by molar-refractivity contribution is 0.309. The van der Waals surface area contributed by atoms with Gasteiger partial charge < -0.3 is 0 Å². The normalized spacial score (nSPS) is 11.9. The fourth-order valence-electron chi connectivity index (χ4n) is 2.99. The van der Waals surface area contributed by atoms with Crippen molar-refractivity contribution in [1.82, 2.24) is 0 Å². The molecule has 0 atom stereocenters. The fraction of sp³-hybridized carbons (Fsp3) is 1.00. The Balaban J connectivity index is 3.03. The maximum absolute atomic E-state index is 10.8. The molecule has 0 heterocycles. The molecule has 0 bridgehead atoms. The van der Waals surface area contributed by atoms with Crippen molar-refractivity contribution in [2.24, 2.45) is 0 Å². The van der Waals surface area contributed by atoms with Crippen molar-refractivity contribution in [2.45, 2.75) is 110 Å². The van der Waals surface area contributed by atoms with Gasteiger partial charge in [-0.15, -0.1) is 0 Å². The van der Waals surface area contributed by atoms with Gasteiger partial charge in [-0.05, 0) is 30.8 Å². The average Bonchev–Trinajstić information content (AvgIpc) is 2.59. The molecule has 0 aromatic rings. The highest BCUT2D eigenvalue weighted by Gasteiger charge is 2.00. The molecule has 0 aliphatic heterocycles. The summed E-state index contributed by atoms with van der Waals surface area (Å²) in [4.78, 5) is 0. The zero-order valence-corrected chi connectivity index (χ0v) is 19.1. The highest BCUT2D eigenvalue weighted by molar-refractivity contribution is 7.99. The van der Waals surface area contributed by atoms with Gasteiger partial charge in [0.05, 0.1) is 12.9 Å². The number of hydrogen-bond donors (Lipinski definition) is 0. The molecule has 0 spiro atoms. The van der Waals surface area contributed by atoms with Gasteiger partial charge in [-0.1, -0.05) is 90.4 Å². The first-order valence-corrected chi connectivity index (χ1v) is 14.0. The Hall–Kier alpha value is 0.260. The molecule has 0 aromatic heterocycles. The topological polar surface area (TPSA) is 43.4 Å². The van der Waals surface area contributed by atoms with Gasteiger partial charge in [-0.3, -0.25) is 4.18 Å². The number of unbranched alkanes of at least 4 members (excludes halogenated alkanes) is 14. The highest BCUT2D eigenvalue weighted by atomic mass is 32.2. The van der Waals surface area contributed by atoms with Crippen molar-refractivity contribution in [3.05, 3.63) is 0 Å². The summed E-state index contributed by atoms with van der Waals surface area (Å²) in [6, 6.07) is 0. The Kier molecular flexibility index (Phi) is 20.2. The summed E-state index contributed by atoms with van der Waals surface area (Å²) in [6.45, 7) is 2.61. The molecule has 26 heavy (non-hydrogen) atoms. The first-order valence-electron chi connectivity index (χ1n) is 11.0. The Labute approximate surface area is 168 Å². The molecule has 0 radical (unpaired) electrons. The second-order valence-corrected chi connectivity index (χ2v) is 10.3. The van der Waals surface area contributed by atoms with Crippen molar-refractivity contribution in [3.63, 3.8) is 0 Å². The van der Waals surface area contributed by atoms with Crippen LogP contribution in [0.15, 0.2) is 0 Å². The number of thioether (sulfide) groups is 1. The maximum atomic E-state index is 10.8. The quantitative estimate of drug-likeness (QED) is 0.152. The van der Waals surface area contributed by atoms with Crippen molar-refractivity contribution >= 4 is 21.9 Å². The Morgan fingerprint density at radius 3 is 1.42 bits per heavy atom. The standard InChI is InChI=1S/C21H44O3S2/c1-3-4-20-25-21-18-16-14-12-10-8-6-5-7-9-11-13-15-17-19-24-26(2,22)23/h3-21H2,1-2H3. The largest absolute Gasteiger partial charge is 0.270 e. The van der Waals surface area contributed by atoms with E-state index in [1.807, 2.05) is 0 Å². The van der Waals surface area contributed by atoms with E-state index in [0.717, 1.165) is 19.1 Å². The van der Waals surface area contributed by atoms with Crippen LogP contribution in [0.4, 0.5) is 0 Å². The molecule has 158 valence electrons. The summed E-state index contributed by atoms with van der Waals surface area (Å²) in [5, 5.41) is 0. The third-order valence-electron chi connectivity index (χ3n) is 4.62. The highest BCUT2D eigenvalue weighted by Crippen LogP contribution is 2.14. The lowest BCUT2D eigenvalue weighted by atomic mass is 10.0. The van der Waals surface area contributed by atoms with Crippen LogP contribution in [0.2, 0.25) is 0 Å². The van der Waals surface area contributed by atoms with Crippen LogP contribution in [0, 0.1) is 0 Å². The van der Waals surface area contributed by atoms with Crippen molar-refractivity contribution < 1.29 is 12.6 Å². The SMILES string of the molecule is CCCCSCCCCCCCCCCCCCCCCOS(C)(=O)=O. The third-order valence-corrected chi connectivity index (χ3v) is 6.37. The molecule has 0 aliphatic rings. The van der Waals surface area contributed by atoms with Gasteiger partial charge in [0.1, 0.15) is 0 Å². The third kappa shape index (κ3) is 24.3. The van der Waals surface area contributed by atoms with E-state index in [4.69, 9.17) is 4.18 Å². The zero-order chi connectivity index (χ0) is 19.3. The smallest absolute Gasteiger partial charge is 0.264 e. The van der Waals surface area contributed by atoms with Crippen molar-refractivity contribution in [1.29, 1.82) is 0 Å². The summed E-state index contributed by atoms with van der Waals surface area (Å²) >= 11 is 2.13. The molecule has 0 N–H and O–H groups in total. The van der Waals surface area contributed by atoms with E-state index < -0.39 is 10.1 Å². The number of hydrogen-bond acceptors (Lipinski definition) is 4. The van der Waals surface area contributed by atoms with E-state index in [1.54, 1.807) is 0 Å². The van der Waals surface area contributed by atoms with Crippen LogP contribution in [-0.4, -0.2) is 32.8 Å². The van der Waals surface area contributed by atoms with E-state index in [1.165, 1.54) is 101 Å². The van der Waals surface area contributed by atoms with E-state index in [2.05, 4.69) is 18.7 Å². The summed E-state index contributed by atoms with van der Waals surface area (Å²) in [5.41, 5.74) is 0. The van der Waals surface area contributed by atoms with Crippen LogP contribution in [0.25, 0.3) is 0 Å². The molecule has 5 heteroatoms. The van der Waals surface area contributed by atoms with Gasteiger partial charge in [0.25, 0.3) is 10.1 Å². The molecule has 0 aliphatic carbocycles. The fourth-order valence-corrected chi connectivity index (χ4v) is 4.51. The van der Waals surface area contributed by atoms with Crippen LogP contribution in [0.1, 0.15) is 110 Å². The van der Waals surface area contributed by atoms with Crippen LogP contribution in [-0.2, 0) is 14.3 Å². The molecule has 0 saturated heterocycles. The molecule has 0 saturated carbocycles. The lowest BCUT2D eigenvalue weighted by Crippen LogP contribution is -2.03. The van der Waals surface area contributed by atoms with Gasteiger partial charge in [0, 0.05) is 0 Å². The predicted octanol–water partition coefficient (Wildman–Crippen LogP) is 6.96. The zero-order valence-electron chi connectivity index (χ0n) is 17.5. The second-order valence-electron chi connectivity index (χ2n) is 7.44. The molecular weight excluding hydrogens is 364 g/mol. The van der Waals surface area contributed by atoms with Gasteiger partial charge in [-0.2, -0.15) is 20.2 Å². The first-order chi connectivity index (χ1) is 12.6. The van der Waals surface area contributed by atoms with E-state index in [-0.39, 0.29) is 0 Å². The maximum Gasteiger partial charge on any atom is 0.264 e. The van der Waals surface area contributed by atoms with Crippen molar-refractivity contribution in [2.75, 3.05) is 24.4 Å². The minimum absolute atomic E-state index is 0.344. The summed E-state index contributed by atoms with van der Waals surface area (Å²) in [6.07, 6.45) is 22.2. The van der Waals surface area contributed by atoms with Gasteiger partial charge in [-0.25, -0.2) is 0 Å². The summed E-state index contributed by atoms with van der Waals surface area (Å²) in [5.74, 6) is 2.72. The lowest BCUT2D eigenvalue weighted by Gasteiger charge is -2.04. The molecule has 0 unspecified atom stereocenters. The second kappa shape index (κ2) is 20.0. The van der Waals surface area contributed by atoms with Crippen LogP contribution >= 0.6 is 11.8 Å². The Morgan fingerprint density at radius 1 is 0.615 bits per heavy atom. The van der Waals surface area contributed by atoms with Gasteiger partial charge in [0.15, 0.2) is 0 Å². The van der Waals surface area contributed by atoms with Gasteiger partial charge in [0.2, 0.25) is 0 Å². The minimum atomic E-state index is -3.25. The van der Waals surface area contributed by atoms with E-state index >= 15 is 0 Å². The van der Waals surface area contributed by atoms with Crippen LogP contribution in [0.3, 0.4) is 0 Å². The molecule has 0 aromatic carbocycles. The van der Waals surface area contributed by atoms with Crippen LogP contribution in [0.5, 0.6) is 0 Å². The number of rotatable bonds is 21. The Morgan fingerprint density at radius 2 is 1.00 bits per heavy atom. The summed E-state index contributed by atoms with van der Waals surface area (Å²) in [7, 11) is -3.25. The monoisotopic (exact) mass is 408 g/mol. The van der Waals surface area contributed by atoms with Gasteiger partial charge >= 0.3 is 0 Å². The summed E-state index contributed by atoms with van der Waals surface area (Å²) < 4.78 is 26.3. The predicted molar refractivity (Wildman–Crippen MR) is 118 cm³/mol. The van der Waals surface area contributed by atoms with E-state index in [0.29, 0.717) is 6.61 Å². The van der Waals surface area contributed by atoms with Crippen LogP contribution < -0.4 is 0 Å². The minimum Gasteiger partial charge on any atom is -0.270 e. The molecule has 3 nitrogen and oxygen atoms in total. The Bertz CT molecular complexity index is 369. The molecule has 0 fully saturated rings. The first kappa shape index (κ1) is 26.3.